The molecule has 7 nitrogen and oxygen atoms in total. The Hall–Kier alpha value is -3.42. The molecule has 8 heteroatoms. The molecule has 0 atom stereocenters. The third kappa shape index (κ3) is 5.50. The first-order chi connectivity index (χ1) is 15.9. The summed E-state index contributed by atoms with van der Waals surface area (Å²) in [5.74, 6) is -0.253. The molecule has 0 aliphatic carbocycles. The molecule has 1 aliphatic heterocycles. The van der Waals surface area contributed by atoms with E-state index in [9.17, 15) is 9.59 Å². The van der Waals surface area contributed by atoms with Crippen LogP contribution in [0.2, 0.25) is 5.02 Å². The Morgan fingerprint density at radius 2 is 1.94 bits per heavy atom. The van der Waals surface area contributed by atoms with Crippen molar-refractivity contribution in [3.8, 4) is 5.88 Å². The molecule has 0 fully saturated rings. The highest BCUT2D eigenvalue weighted by atomic mass is 35.5. The number of halogens is 1. The fourth-order valence-electron chi connectivity index (χ4n) is 3.79. The Labute approximate surface area is 197 Å². The van der Waals surface area contributed by atoms with Crippen LogP contribution in [0.3, 0.4) is 0 Å². The van der Waals surface area contributed by atoms with Gasteiger partial charge in [-0.25, -0.2) is 4.98 Å². The van der Waals surface area contributed by atoms with Crippen LogP contribution >= 0.6 is 11.6 Å². The molecule has 0 bridgehead atoms. The van der Waals surface area contributed by atoms with Crippen molar-refractivity contribution >= 4 is 29.1 Å². The van der Waals surface area contributed by atoms with Gasteiger partial charge in [-0.05, 0) is 60.5 Å². The summed E-state index contributed by atoms with van der Waals surface area (Å²) in [7, 11) is 3.56. The number of rotatable bonds is 6. The van der Waals surface area contributed by atoms with Crippen molar-refractivity contribution in [2.75, 3.05) is 26.0 Å². The number of methoxy groups -OCH3 is 1. The number of likely N-dealkylation sites (N-methyl/N-ethyl adjacent to an activating group) is 1. The average molecular weight is 465 g/mol. The summed E-state index contributed by atoms with van der Waals surface area (Å²) in [5, 5.41) is 6.06. The van der Waals surface area contributed by atoms with E-state index in [-0.39, 0.29) is 29.3 Å². The van der Waals surface area contributed by atoms with E-state index in [1.807, 2.05) is 18.2 Å². The largest absolute Gasteiger partial charge is 0.480 e. The Balaban J connectivity index is 1.39. The van der Waals surface area contributed by atoms with Gasteiger partial charge in [0.15, 0.2) is 0 Å². The average Bonchev–Trinajstić information content (AvgIpc) is 2.82. The maximum Gasteiger partial charge on any atom is 0.255 e. The fourth-order valence-corrected chi connectivity index (χ4v) is 4.03. The predicted molar refractivity (Wildman–Crippen MR) is 128 cm³/mol. The number of ether oxygens (including phenoxy) is 1. The van der Waals surface area contributed by atoms with Crippen molar-refractivity contribution < 1.29 is 14.3 Å². The number of fused-ring (bicyclic) bond motifs is 1. The quantitative estimate of drug-likeness (QED) is 0.577. The SMILES string of the molecule is COc1ncc(C(=O)NCc2cccc(C(=O)Nc3ccc4c(c3)CN(C)CC4)c2)cc1Cl. The van der Waals surface area contributed by atoms with E-state index in [1.54, 1.807) is 18.2 Å². The van der Waals surface area contributed by atoms with Crippen molar-refractivity contribution in [1.82, 2.24) is 15.2 Å². The first-order valence-corrected chi connectivity index (χ1v) is 11.0. The van der Waals surface area contributed by atoms with Crippen LogP contribution in [0.4, 0.5) is 5.69 Å². The monoisotopic (exact) mass is 464 g/mol. The van der Waals surface area contributed by atoms with Gasteiger partial charge < -0.3 is 20.3 Å². The Bertz CT molecular complexity index is 1200. The van der Waals surface area contributed by atoms with Gasteiger partial charge in [0.1, 0.15) is 5.02 Å². The molecule has 0 radical (unpaired) electrons. The molecule has 1 aliphatic rings. The van der Waals surface area contributed by atoms with Gasteiger partial charge in [0.2, 0.25) is 5.88 Å². The second-order valence-corrected chi connectivity index (χ2v) is 8.43. The van der Waals surface area contributed by atoms with E-state index in [1.165, 1.54) is 30.5 Å². The van der Waals surface area contributed by atoms with Gasteiger partial charge in [-0.3, -0.25) is 9.59 Å². The molecule has 2 aromatic carbocycles. The second-order valence-electron chi connectivity index (χ2n) is 8.02. The molecule has 0 saturated carbocycles. The third-order valence-corrected chi connectivity index (χ3v) is 5.84. The van der Waals surface area contributed by atoms with Crippen LogP contribution in [-0.2, 0) is 19.5 Å². The summed E-state index contributed by atoms with van der Waals surface area (Å²) >= 11 is 6.04. The van der Waals surface area contributed by atoms with Gasteiger partial charge in [0.05, 0.1) is 12.7 Å². The molecule has 1 aromatic heterocycles. The minimum Gasteiger partial charge on any atom is -0.480 e. The lowest BCUT2D eigenvalue weighted by atomic mass is 9.99. The minimum atomic E-state index is -0.319. The molecule has 2 amide bonds. The molecule has 0 unspecified atom stereocenters. The van der Waals surface area contributed by atoms with Gasteiger partial charge in [0.25, 0.3) is 11.8 Å². The summed E-state index contributed by atoms with van der Waals surface area (Å²) in [5.41, 5.74) is 4.99. The van der Waals surface area contributed by atoms with E-state index in [0.29, 0.717) is 11.1 Å². The molecular formula is C25H25ClN4O3. The van der Waals surface area contributed by atoms with E-state index >= 15 is 0 Å². The van der Waals surface area contributed by atoms with E-state index < -0.39 is 0 Å². The second kappa shape index (κ2) is 10.0. The van der Waals surface area contributed by atoms with Crippen LogP contribution in [0.1, 0.15) is 37.4 Å². The Morgan fingerprint density at radius 1 is 1.09 bits per heavy atom. The lowest BCUT2D eigenvalue weighted by Gasteiger charge is -2.25. The first kappa shape index (κ1) is 22.8. The number of hydrogen-bond acceptors (Lipinski definition) is 5. The van der Waals surface area contributed by atoms with E-state index in [4.69, 9.17) is 16.3 Å². The van der Waals surface area contributed by atoms with E-state index in [0.717, 1.165) is 30.8 Å². The smallest absolute Gasteiger partial charge is 0.255 e. The molecule has 0 spiro atoms. The molecule has 3 aromatic rings. The number of amides is 2. The number of carbonyl (C=O) groups excluding carboxylic acids is 2. The highest BCUT2D eigenvalue weighted by Gasteiger charge is 2.15. The highest BCUT2D eigenvalue weighted by molar-refractivity contribution is 6.32. The molecule has 0 saturated heterocycles. The zero-order valence-corrected chi connectivity index (χ0v) is 19.3. The minimum absolute atomic E-state index is 0.196. The molecule has 2 heterocycles. The molecule has 4 rings (SSSR count). The summed E-state index contributed by atoms with van der Waals surface area (Å²) in [6.45, 7) is 2.18. The predicted octanol–water partition coefficient (Wildman–Crippen LogP) is 3.91. The van der Waals surface area contributed by atoms with Crippen molar-refractivity contribution in [2.24, 2.45) is 0 Å². The summed E-state index contributed by atoms with van der Waals surface area (Å²) in [4.78, 5) is 31.5. The molecule has 170 valence electrons. The van der Waals surface area contributed by atoms with Crippen LogP contribution in [0.25, 0.3) is 0 Å². The van der Waals surface area contributed by atoms with Crippen molar-refractivity contribution in [3.63, 3.8) is 0 Å². The van der Waals surface area contributed by atoms with Crippen molar-refractivity contribution in [2.45, 2.75) is 19.5 Å². The fraction of sp³-hybridized carbons (Fsp3) is 0.240. The number of aromatic nitrogens is 1. The number of anilines is 1. The van der Waals surface area contributed by atoms with E-state index in [2.05, 4.69) is 33.6 Å². The summed E-state index contributed by atoms with van der Waals surface area (Å²) in [6, 6.07) is 14.7. The van der Waals surface area contributed by atoms with Crippen LogP contribution in [0.5, 0.6) is 5.88 Å². The van der Waals surface area contributed by atoms with Gasteiger partial charge in [-0.15, -0.1) is 0 Å². The Morgan fingerprint density at radius 3 is 2.73 bits per heavy atom. The van der Waals surface area contributed by atoms with Gasteiger partial charge in [-0.1, -0.05) is 29.8 Å². The number of benzene rings is 2. The normalized spacial score (nSPS) is 13.2. The number of pyridine rings is 1. The third-order valence-electron chi connectivity index (χ3n) is 5.57. The zero-order valence-electron chi connectivity index (χ0n) is 18.5. The number of nitrogens with one attached hydrogen (secondary N) is 2. The zero-order chi connectivity index (χ0) is 23.4. The van der Waals surface area contributed by atoms with Crippen molar-refractivity contribution in [1.29, 1.82) is 0 Å². The maximum absolute atomic E-state index is 12.8. The highest BCUT2D eigenvalue weighted by Crippen LogP contribution is 2.23. The van der Waals surface area contributed by atoms with Gasteiger partial charge in [-0.2, -0.15) is 0 Å². The molecular weight excluding hydrogens is 440 g/mol. The van der Waals surface area contributed by atoms with Crippen molar-refractivity contribution in [3.05, 3.63) is 87.6 Å². The van der Waals surface area contributed by atoms with Crippen LogP contribution in [-0.4, -0.2) is 42.4 Å². The molecule has 33 heavy (non-hydrogen) atoms. The van der Waals surface area contributed by atoms with Crippen LogP contribution < -0.4 is 15.4 Å². The summed E-state index contributed by atoms with van der Waals surface area (Å²) < 4.78 is 5.00. The van der Waals surface area contributed by atoms with Crippen LogP contribution in [0.15, 0.2) is 54.7 Å². The lowest BCUT2D eigenvalue weighted by molar-refractivity contribution is 0.0950. The first-order valence-electron chi connectivity index (χ1n) is 10.6. The molecule has 2 N–H and O–H groups in total. The number of hydrogen-bond donors (Lipinski definition) is 2. The number of carbonyl (C=O) groups is 2. The van der Waals surface area contributed by atoms with Crippen LogP contribution in [0, 0.1) is 0 Å². The standard InChI is InChI=1S/C25H25ClN4O3/c1-30-9-8-17-6-7-21(11-20(17)15-30)29-24(32)18-5-3-4-16(10-18)13-27-23(31)19-12-22(26)25(33-2)28-14-19/h3-7,10-12,14H,8-9,13,15H2,1-2H3,(H,27,31)(H,29,32). The Kier molecular flexibility index (Phi) is 6.91. The number of nitrogens with zero attached hydrogens (tertiary/aromatic N) is 2. The van der Waals surface area contributed by atoms with Gasteiger partial charge in [0, 0.05) is 37.1 Å². The topological polar surface area (TPSA) is 83.6 Å². The summed E-state index contributed by atoms with van der Waals surface area (Å²) in [6.07, 6.45) is 2.42. The lowest BCUT2D eigenvalue weighted by Crippen LogP contribution is -2.26. The maximum atomic E-state index is 12.8. The van der Waals surface area contributed by atoms with Gasteiger partial charge >= 0.3 is 0 Å².